The number of carbonyl (C=O) groups is 4. The number of nitrogens with one attached hydrogen (secondary N) is 2. The predicted molar refractivity (Wildman–Crippen MR) is 185 cm³/mol. The van der Waals surface area contributed by atoms with Crippen LogP contribution >= 0.6 is 0 Å². The zero-order valence-corrected chi connectivity index (χ0v) is 30.2. The second-order valence-electron chi connectivity index (χ2n) is 10.5. The molecule has 1 radical (unpaired) electrons. The maximum Gasteiger partial charge on any atom is 2.00 e. The Morgan fingerprint density at radius 2 is 0.925 bits per heavy atom. The van der Waals surface area contributed by atoms with Crippen molar-refractivity contribution in [2.24, 2.45) is 30.7 Å². The number of nitrogens with zero attached hydrogens (tertiary/aromatic N) is 4. The third-order valence-corrected chi connectivity index (χ3v) is 8.25. The van der Waals surface area contributed by atoms with Crippen LogP contribution in [0.4, 0.5) is 22.7 Å². The zero-order valence-electron chi connectivity index (χ0n) is 29.6. The van der Waals surface area contributed by atoms with Crippen LogP contribution in [-0.2, 0) is 56.0 Å². The number of Topliss-reactive ketones (excluding diaryl/α,β-unsaturated/α-hetero) is 2. The third kappa shape index (κ3) is 13.4. The summed E-state index contributed by atoms with van der Waals surface area (Å²) >= 11 is 0. The van der Waals surface area contributed by atoms with Crippen LogP contribution in [0.25, 0.3) is 0 Å². The third-order valence-electron chi connectivity index (χ3n) is 6.43. The molecular weight excluding hydrogens is 779 g/mol. The van der Waals surface area contributed by atoms with Gasteiger partial charge in [-0.25, -0.2) is 27.1 Å². The molecule has 4 aromatic rings. The Balaban J connectivity index is 0.00000101. The molecule has 2 amide bonds. The summed E-state index contributed by atoms with van der Waals surface area (Å²) in [5.74, 6) is -3.93. The van der Waals surface area contributed by atoms with Crippen molar-refractivity contribution in [1.82, 2.24) is 0 Å². The van der Waals surface area contributed by atoms with Crippen molar-refractivity contribution < 1.29 is 65.9 Å². The molecule has 2 atom stereocenters. The molecule has 0 bridgehead atoms. The molecule has 21 heteroatoms. The number of para-hydroxylation sites is 2. The standard InChI is InChI=1S/2C16H16N4O5S.Co/c2*1-10(21)15(16(23)18-11-5-3-2-4-6-11)20-19-13-9-12(26(17,24)25)7-8-14(13)22;/h2*2-9,15,22H,1H3,(H,18,23)(H2,17,24,25);/q;;+2. The summed E-state index contributed by atoms with van der Waals surface area (Å²) in [6, 6.07) is 19.6. The number of primary sulfonamides is 2. The van der Waals surface area contributed by atoms with Gasteiger partial charge in [-0.1, -0.05) is 60.0 Å². The fourth-order valence-corrected chi connectivity index (χ4v) is 4.91. The van der Waals surface area contributed by atoms with E-state index in [1.807, 2.05) is 0 Å². The first-order valence-electron chi connectivity index (χ1n) is 14.6. The fraction of sp³-hybridized carbons (Fsp3) is 0.125. The van der Waals surface area contributed by atoms with Crippen molar-refractivity contribution >= 4 is 66.2 Å². The van der Waals surface area contributed by atoms with E-state index in [4.69, 9.17) is 10.3 Å². The Morgan fingerprint density at radius 3 is 1.21 bits per heavy atom. The van der Waals surface area contributed by atoms with Gasteiger partial charge in [0.15, 0.2) is 11.6 Å². The van der Waals surface area contributed by atoms with Gasteiger partial charge in [0.25, 0.3) is 11.8 Å². The van der Waals surface area contributed by atoms with Gasteiger partial charge < -0.3 is 20.8 Å². The van der Waals surface area contributed by atoms with E-state index in [1.165, 1.54) is 0 Å². The number of hydrogen-bond donors (Lipinski definition) is 4. The summed E-state index contributed by atoms with van der Waals surface area (Å²) in [5.41, 5.74) is 0.213. The molecule has 0 saturated carbocycles. The van der Waals surface area contributed by atoms with Gasteiger partial charge in [-0.15, -0.1) is 0 Å². The Kier molecular flexibility index (Phi) is 15.8. The Labute approximate surface area is 316 Å². The minimum Gasteiger partial charge on any atom is -0.871 e. The Bertz CT molecular complexity index is 2090. The number of carbonyl (C=O) groups excluding carboxylic acids is 4. The van der Waals surface area contributed by atoms with Gasteiger partial charge >= 0.3 is 19.6 Å². The average molecular weight is 812 g/mol. The van der Waals surface area contributed by atoms with Crippen LogP contribution in [0.3, 0.4) is 0 Å². The second kappa shape index (κ2) is 19.2. The molecule has 6 N–H and O–H groups in total. The van der Waals surface area contributed by atoms with Crippen LogP contribution in [0.2, 0.25) is 0 Å². The van der Waals surface area contributed by atoms with Crippen LogP contribution in [-0.4, -0.2) is 52.3 Å². The zero-order chi connectivity index (χ0) is 38.6. The van der Waals surface area contributed by atoms with E-state index in [0.29, 0.717) is 11.4 Å². The van der Waals surface area contributed by atoms with Gasteiger partial charge in [0.2, 0.25) is 32.1 Å². The first kappa shape index (κ1) is 43.5. The van der Waals surface area contributed by atoms with Crippen LogP contribution < -0.4 is 31.1 Å². The first-order valence-corrected chi connectivity index (χ1v) is 17.7. The molecule has 0 aliphatic heterocycles. The van der Waals surface area contributed by atoms with E-state index < -0.39 is 67.0 Å². The molecule has 53 heavy (non-hydrogen) atoms. The van der Waals surface area contributed by atoms with Gasteiger partial charge in [0, 0.05) is 11.4 Å². The summed E-state index contributed by atoms with van der Waals surface area (Å²) in [5, 5.41) is 52.9. The van der Waals surface area contributed by atoms with E-state index in [2.05, 4.69) is 31.1 Å². The van der Waals surface area contributed by atoms with Crippen molar-refractivity contribution in [1.29, 1.82) is 0 Å². The van der Waals surface area contributed by atoms with Crippen LogP contribution in [0.1, 0.15) is 16.7 Å². The van der Waals surface area contributed by atoms with Crippen LogP contribution in [0, 0.1) is 0 Å². The fourth-order valence-electron chi connectivity index (χ4n) is 3.85. The summed E-state index contributed by atoms with van der Waals surface area (Å²) in [4.78, 5) is 47.1. The summed E-state index contributed by atoms with van der Waals surface area (Å²) < 4.78 is 45.4. The number of rotatable bonds is 12. The van der Waals surface area contributed by atoms with Gasteiger partial charge in [0.1, 0.15) is 0 Å². The number of benzene rings is 4. The van der Waals surface area contributed by atoms with Crippen molar-refractivity contribution in [3.63, 3.8) is 0 Å². The average Bonchev–Trinajstić information content (AvgIpc) is 3.06. The largest absolute Gasteiger partial charge is 2.00 e. The van der Waals surface area contributed by atoms with Crippen LogP contribution in [0.15, 0.2) is 127 Å². The normalized spacial score (nSPS) is 12.5. The number of hydrogen-bond acceptors (Lipinski definition) is 14. The molecule has 0 spiro atoms. The molecule has 4 aromatic carbocycles. The van der Waals surface area contributed by atoms with Gasteiger partial charge in [-0.05, 0) is 62.4 Å². The molecule has 0 aliphatic carbocycles. The van der Waals surface area contributed by atoms with Crippen molar-refractivity contribution in [3.8, 4) is 11.5 Å². The maximum absolute atomic E-state index is 12.2. The number of anilines is 2. The summed E-state index contributed by atoms with van der Waals surface area (Å²) in [6.45, 7) is 2.29. The predicted octanol–water partition coefficient (Wildman–Crippen LogP) is 2.40. The number of nitrogens with two attached hydrogens (primary N) is 2. The van der Waals surface area contributed by atoms with Gasteiger partial charge in [0.05, 0.1) is 21.2 Å². The molecule has 0 heterocycles. The molecule has 4 rings (SSSR count). The molecule has 2 unspecified atom stereocenters. The molecule has 0 aromatic heterocycles. The monoisotopic (exact) mass is 811 g/mol. The second-order valence-corrected chi connectivity index (χ2v) is 13.6. The maximum atomic E-state index is 12.2. The molecule has 279 valence electrons. The Hall–Kier alpha value is -5.71. The number of azo groups is 2. The number of sulfonamides is 2. The quantitative estimate of drug-likeness (QED) is 0.120. The van der Waals surface area contributed by atoms with Crippen molar-refractivity contribution in [2.45, 2.75) is 35.7 Å². The smallest absolute Gasteiger partial charge is 0.871 e. The minimum absolute atomic E-state index is 0. The van der Waals surface area contributed by atoms with Gasteiger partial charge in [-0.3, -0.25) is 19.2 Å². The number of amides is 2. The van der Waals surface area contributed by atoms with E-state index in [-0.39, 0.29) is 40.8 Å². The van der Waals surface area contributed by atoms with E-state index in [0.717, 1.165) is 50.2 Å². The molecule has 0 aliphatic rings. The van der Waals surface area contributed by atoms with E-state index in [9.17, 15) is 46.2 Å². The van der Waals surface area contributed by atoms with Crippen LogP contribution in [0.5, 0.6) is 11.5 Å². The van der Waals surface area contributed by atoms with Crippen molar-refractivity contribution in [3.05, 3.63) is 97.1 Å². The Morgan fingerprint density at radius 1 is 0.604 bits per heavy atom. The molecule has 0 fully saturated rings. The minimum atomic E-state index is -4.04. The van der Waals surface area contributed by atoms with E-state index in [1.54, 1.807) is 60.7 Å². The first-order chi connectivity index (χ1) is 24.4. The van der Waals surface area contributed by atoms with Crippen molar-refractivity contribution in [2.75, 3.05) is 10.6 Å². The SMILES string of the molecule is CC(=O)C(N=Nc1cc(S(N)(=O)=O)ccc1[O-])C(=O)Nc1ccccc1.CC(=O)C(N=Nc1cc(S(N)(=O)=O)ccc1[O-])C(=O)Nc1ccccc1.[Co+2].[H+].[H+]. The summed E-state index contributed by atoms with van der Waals surface area (Å²) in [6.07, 6.45) is 0. The molecule has 0 saturated heterocycles. The van der Waals surface area contributed by atoms with E-state index >= 15 is 0 Å². The molecular formula is C32H32CoN8O10S2+2. The van der Waals surface area contributed by atoms with Gasteiger partial charge in [-0.2, -0.15) is 20.5 Å². The topological polar surface area (TPSA) is 308 Å². The number of ketones is 2. The summed E-state index contributed by atoms with van der Waals surface area (Å²) in [7, 11) is -8.08. The molecule has 18 nitrogen and oxygen atoms in total.